The molecule has 0 unspecified atom stereocenters. The molecule has 0 spiro atoms. The van der Waals surface area contributed by atoms with Crippen molar-refractivity contribution in [1.82, 2.24) is 19.7 Å². The highest BCUT2D eigenvalue weighted by molar-refractivity contribution is 5.88. The minimum atomic E-state index is 0.361. The van der Waals surface area contributed by atoms with E-state index in [-0.39, 0.29) is 0 Å². The Kier molecular flexibility index (Phi) is 3.18. The minimum absolute atomic E-state index is 0.361. The number of aromatic nitrogens is 4. The first-order valence-corrected chi connectivity index (χ1v) is 7.33. The van der Waals surface area contributed by atoms with Gasteiger partial charge in [0.1, 0.15) is 5.82 Å². The van der Waals surface area contributed by atoms with Gasteiger partial charge in [-0.3, -0.25) is 0 Å². The molecule has 4 aromatic rings. The summed E-state index contributed by atoms with van der Waals surface area (Å²) in [5, 5.41) is 14.1. The zero-order valence-corrected chi connectivity index (χ0v) is 12.6. The number of nitrogens with zero attached hydrogens (tertiary/aromatic N) is 5. The SMILES string of the molecule is N#Cc1cccc(-c2nc(N)c3cnn(-c4ccccc4)c3n2)c1. The lowest BCUT2D eigenvalue weighted by Crippen LogP contribution is -2.01. The van der Waals surface area contributed by atoms with Gasteiger partial charge in [-0.25, -0.2) is 14.6 Å². The van der Waals surface area contributed by atoms with Crippen LogP contribution in [0.2, 0.25) is 0 Å². The molecule has 114 valence electrons. The van der Waals surface area contributed by atoms with Gasteiger partial charge in [0.2, 0.25) is 0 Å². The zero-order valence-electron chi connectivity index (χ0n) is 12.6. The Hall–Kier alpha value is -3.72. The molecular weight excluding hydrogens is 300 g/mol. The standard InChI is InChI=1S/C18H12N6/c19-10-12-5-4-6-13(9-12)17-22-16(20)15-11-21-24(18(15)23-17)14-7-2-1-3-8-14/h1-9,11H,(H2,20,22,23). The number of nitrogen functional groups attached to an aromatic ring is 1. The Morgan fingerprint density at radius 3 is 2.62 bits per heavy atom. The molecule has 0 saturated carbocycles. The maximum Gasteiger partial charge on any atom is 0.169 e. The largest absolute Gasteiger partial charge is 0.383 e. The molecule has 6 nitrogen and oxygen atoms in total. The van der Waals surface area contributed by atoms with Gasteiger partial charge in [-0.05, 0) is 24.3 Å². The molecule has 0 atom stereocenters. The van der Waals surface area contributed by atoms with Gasteiger partial charge in [0.25, 0.3) is 0 Å². The lowest BCUT2D eigenvalue weighted by atomic mass is 10.1. The molecule has 0 saturated heterocycles. The normalized spacial score (nSPS) is 10.6. The molecule has 24 heavy (non-hydrogen) atoms. The van der Waals surface area contributed by atoms with Crippen LogP contribution in [0.15, 0.2) is 60.8 Å². The van der Waals surface area contributed by atoms with Crippen molar-refractivity contribution in [2.45, 2.75) is 0 Å². The fraction of sp³-hybridized carbons (Fsp3) is 0. The number of rotatable bonds is 2. The number of anilines is 1. The Labute approximate surface area is 137 Å². The molecule has 2 aromatic carbocycles. The quantitative estimate of drug-likeness (QED) is 0.614. The van der Waals surface area contributed by atoms with Crippen molar-refractivity contribution in [3.8, 4) is 23.1 Å². The smallest absolute Gasteiger partial charge is 0.169 e. The maximum atomic E-state index is 9.07. The average molecular weight is 312 g/mol. The monoisotopic (exact) mass is 312 g/mol. The molecule has 6 heteroatoms. The van der Waals surface area contributed by atoms with Gasteiger partial charge in [-0.1, -0.05) is 30.3 Å². The summed E-state index contributed by atoms with van der Waals surface area (Å²) in [4.78, 5) is 8.98. The molecule has 0 aliphatic carbocycles. The highest BCUT2D eigenvalue weighted by atomic mass is 15.3. The van der Waals surface area contributed by atoms with Gasteiger partial charge >= 0.3 is 0 Å². The van der Waals surface area contributed by atoms with E-state index in [0.717, 1.165) is 11.3 Å². The second-order valence-corrected chi connectivity index (χ2v) is 5.25. The summed E-state index contributed by atoms with van der Waals surface area (Å²) in [6.07, 6.45) is 1.66. The third-order valence-electron chi connectivity index (χ3n) is 3.71. The highest BCUT2D eigenvalue weighted by Crippen LogP contribution is 2.25. The Morgan fingerprint density at radius 1 is 1.00 bits per heavy atom. The van der Waals surface area contributed by atoms with Crippen LogP contribution in [-0.2, 0) is 0 Å². The third-order valence-corrected chi connectivity index (χ3v) is 3.71. The lowest BCUT2D eigenvalue weighted by molar-refractivity contribution is 0.896. The summed E-state index contributed by atoms with van der Waals surface area (Å²) in [5.41, 5.74) is 8.90. The Bertz CT molecular complexity index is 1080. The van der Waals surface area contributed by atoms with Crippen LogP contribution < -0.4 is 5.73 Å². The number of benzene rings is 2. The van der Waals surface area contributed by atoms with Gasteiger partial charge in [0, 0.05) is 5.56 Å². The second kappa shape index (κ2) is 5.48. The van der Waals surface area contributed by atoms with Crippen molar-refractivity contribution >= 4 is 16.9 Å². The van der Waals surface area contributed by atoms with E-state index in [1.165, 1.54) is 0 Å². The van der Waals surface area contributed by atoms with Crippen molar-refractivity contribution in [2.75, 3.05) is 5.73 Å². The summed E-state index contributed by atoms with van der Waals surface area (Å²) < 4.78 is 1.73. The third kappa shape index (κ3) is 2.25. The van der Waals surface area contributed by atoms with Gasteiger partial charge in [0.15, 0.2) is 11.5 Å². The lowest BCUT2D eigenvalue weighted by Gasteiger charge is -2.06. The van der Waals surface area contributed by atoms with E-state index in [1.807, 2.05) is 36.4 Å². The van der Waals surface area contributed by atoms with Crippen LogP contribution in [0.5, 0.6) is 0 Å². The zero-order chi connectivity index (χ0) is 16.5. The summed E-state index contributed by atoms with van der Waals surface area (Å²) in [6.45, 7) is 0. The number of para-hydroxylation sites is 1. The van der Waals surface area contributed by atoms with E-state index in [1.54, 1.807) is 29.1 Å². The molecule has 0 radical (unpaired) electrons. The second-order valence-electron chi connectivity index (χ2n) is 5.25. The Morgan fingerprint density at radius 2 is 1.83 bits per heavy atom. The number of nitriles is 1. The predicted octanol–water partition coefficient (Wildman–Crippen LogP) is 2.94. The number of hydrogen-bond acceptors (Lipinski definition) is 5. The molecule has 0 fully saturated rings. The molecule has 0 amide bonds. The first kappa shape index (κ1) is 13.9. The van der Waals surface area contributed by atoms with Gasteiger partial charge in [-0.2, -0.15) is 10.4 Å². The average Bonchev–Trinajstić information content (AvgIpc) is 3.07. The van der Waals surface area contributed by atoms with Crippen molar-refractivity contribution in [3.63, 3.8) is 0 Å². The summed E-state index contributed by atoms with van der Waals surface area (Å²) >= 11 is 0. The predicted molar refractivity (Wildman–Crippen MR) is 91.2 cm³/mol. The van der Waals surface area contributed by atoms with Crippen LogP contribution in [0.25, 0.3) is 28.1 Å². The number of fused-ring (bicyclic) bond motifs is 1. The molecule has 0 aliphatic heterocycles. The van der Waals surface area contributed by atoms with E-state index >= 15 is 0 Å². The molecule has 2 heterocycles. The van der Waals surface area contributed by atoms with Crippen LogP contribution in [0, 0.1) is 11.3 Å². The highest BCUT2D eigenvalue weighted by Gasteiger charge is 2.13. The first-order chi connectivity index (χ1) is 11.8. The van der Waals surface area contributed by atoms with Gasteiger partial charge in [-0.15, -0.1) is 0 Å². The number of hydrogen-bond donors (Lipinski definition) is 1. The fourth-order valence-corrected chi connectivity index (χ4v) is 2.54. The van der Waals surface area contributed by atoms with E-state index in [9.17, 15) is 0 Å². The van der Waals surface area contributed by atoms with Gasteiger partial charge < -0.3 is 5.73 Å². The minimum Gasteiger partial charge on any atom is -0.383 e. The molecule has 2 aromatic heterocycles. The molecule has 0 bridgehead atoms. The van der Waals surface area contributed by atoms with E-state index in [4.69, 9.17) is 11.0 Å². The van der Waals surface area contributed by atoms with E-state index in [2.05, 4.69) is 21.1 Å². The summed E-state index contributed by atoms with van der Waals surface area (Å²) in [5.74, 6) is 0.828. The van der Waals surface area contributed by atoms with Crippen LogP contribution in [0.4, 0.5) is 5.82 Å². The fourth-order valence-electron chi connectivity index (χ4n) is 2.54. The van der Waals surface area contributed by atoms with E-state index < -0.39 is 0 Å². The molecule has 2 N–H and O–H groups in total. The van der Waals surface area contributed by atoms with Crippen LogP contribution in [-0.4, -0.2) is 19.7 Å². The van der Waals surface area contributed by atoms with Crippen LogP contribution in [0.1, 0.15) is 5.56 Å². The van der Waals surface area contributed by atoms with E-state index in [0.29, 0.717) is 28.2 Å². The van der Waals surface area contributed by atoms with Crippen molar-refractivity contribution < 1.29 is 0 Å². The Balaban J connectivity index is 1.94. The van der Waals surface area contributed by atoms with Crippen LogP contribution in [0.3, 0.4) is 0 Å². The van der Waals surface area contributed by atoms with Crippen LogP contribution >= 0.6 is 0 Å². The first-order valence-electron chi connectivity index (χ1n) is 7.33. The summed E-state index contributed by atoms with van der Waals surface area (Å²) in [6, 6.07) is 18.9. The molecule has 0 aliphatic rings. The topological polar surface area (TPSA) is 93.4 Å². The number of nitrogens with two attached hydrogens (primary N) is 1. The van der Waals surface area contributed by atoms with Crippen molar-refractivity contribution in [2.24, 2.45) is 0 Å². The van der Waals surface area contributed by atoms with Crippen molar-refractivity contribution in [1.29, 1.82) is 5.26 Å². The maximum absolute atomic E-state index is 9.07. The summed E-state index contributed by atoms with van der Waals surface area (Å²) in [7, 11) is 0. The molecular formula is C18H12N6. The molecule has 4 rings (SSSR count). The van der Waals surface area contributed by atoms with Gasteiger partial charge in [0.05, 0.1) is 28.9 Å². The van der Waals surface area contributed by atoms with Crippen molar-refractivity contribution in [3.05, 3.63) is 66.4 Å².